The molecule has 1 saturated heterocycles. The number of aliphatic hydroxyl groups excluding tert-OH is 2. The highest BCUT2D eigenvalue weighted by Gasteiger charge is 2.44. The Morgan fingerprint density at radius 1 is 0.390 bits per heavy atom. The standard InChI is InChI=1S/C81H120N24O31/c1-5-36(2)64(103-67(121)42(83)28-55(85)110)77(131)100-51(32-59(89)114)80(134)105-25-11-15-53(105)76(130)98-50(31-58(88)113)75(129)96-48(29-56(86)111)68(122)91-34-60(115)90-35-61(116)102-65(37(3)106)79(133)104-66(38(4)107)78(132)99-47(27-40-16-18-41(108)19-17-40)73(127)97-49(30-57(87)112)74(128)93-44(20-22-54(84)109)70(124)92-43(14-9-10-24-82)69(123)95-46(26-39-12-7-6-8-13-39)72(126)94-45(21-23-62(117)118)71(125)101-52(81(135)136)33-63(119)120/h6-8,12-13,16-19,36-38,42-53,64-66,106-108H,5,9-11,14-15,20-35,82-83H2,1-4H3,(H2,84,109)(H2,85,110)(H2,86,111)(H2,87,112)(H2,88,113)(H2,89,114)(H,90,115)(H,91,122)(H,92,124)(H,93,128)(H,94,126)(H,95,123)(H,96,129)(H,97,127)(H,98,130)(H,99,132)(H,100,131)(H,101,125)(H,102,116)(H,103,121)(H,104,133)(H,117,118)(H,119,120)(H,135,136)/t36-,37+,38+,42-,43-,44-,45-,46-,47-,48-,49-,50-,51-,52-,53-,64-,65-,66-/m0/s1. The maximum atomic E-state index is 14.6. The number of unbranched alkanes of at least 4 members (excludes halogenated alkanes) is 1. The van der Waals surface area contributed by atoms with Crippen molar-refractivity contribution in [2.45, 2.75) is 246 Å². The Bertz CT molecular complexity index is 4660. The molecule has 2 aromatic rings. The number of carboxylic acids is 3. The third-order valence-corrected chi connectivity index (χ3v) is 20.6. The number of phenols is 1. The van der Waals surface area contributed by atoms with Crippen molar-refractivity contribution in [3.05, 3.63) is 65.7 Å². The van der Waals surface area contributed by atoms with Gasteiger partial charge in [0.05, 0.1) is 69.9 Å². The first-order chi connectivity index (χ1) is 63.7. The van der Waals surface area contributed by atoms with E-state index in [9.17, 15) is 151 Å². The topological polar surface area (TPSA) is 940 Å². The Kier molecular flexibility index (Phi) is 48.5. The minimum Gasteiger partial charge on any atom is -0.508 e. The molecule has 0 bridgehead atoms. The van der Waals surface area contributed by atoms with E-state index in [4.69, 9.17) is 45.9 Å². The summed E-state index contributed by atoms with van der Waals surface area (Å²) in [5.41, 5.74) is 44.4. The number of nitrogens with zero attached hydrogens (tertiary/aromatic N) is 1. The summed E-state index contributed by atoms with van der Waals surface area (Å²) in [7, 11) is 0. The van der Waals surface area contributed by atoms with Gasteiger partial charge in [-0.1, -0.05) is 62.7 Å². The van der Waals surface area contributed by atoms with E-state index < -0.39 is 340 Å². The molecule has 55 nitrogen and oxygen atoms in total. The van der Waals surface area contributed by atoms with Crippen LogP contribution < -0.4 is 126 Å². The van der Waals surface area contributed by atoms with Crippen LogP contribution in [0.4, 0.5) is 0 Å². The van der Waals surface area contributed by atoms with Gasteiger partial charge in [0.1, 0.15) is 90.3 Å². The fourth-order valence-electron chi connectivity index (χ4n) is 13.3. The number of phenolic OH excluding ortho intramolecular Hbond substituents is 1. The molecule has 1 fully saturated rings. The van der Waals surface area contributed by atoms with Gasteiger partial charge in [-0.25, -0.2) is 4.79 Å². The number of primary amides is 6. The third kappa shape index (κ3) is 41.3. The number of carbonyl (C=O) groups is 25. The molecule has 1 heterocycles. The molecule has 0 radical (unpaired) electrons. The Morgan fingerprint density at radius 2 is 0.787 bits per heavy atom. The van der Waals surface area contributed by atoms with Crippen LogP contribution in [0.3, 0.4) is 0 Å². The molecule has 2 aromatic carbocycles. The van der Waals surface area contributed by atoms with E-state index in [-0.39, 0.29) is 69.3 Å². The summed E-state index contributed by atoms with van der Waals surface area (Å²) in [5.74, 6) is -32.6. The number of aliphatic carboxylic acids is 3. The van der Waals surface area contributed by atoms with Gasteiger partial charge < -0.3 is 161 Å². The molecular formula is C81H120N24O31. The molecule has 1 aliphatic rings. The van der Waals surface area contributed by atoms with E-state index in [0.717, 1.165) is 30.9 Å². The molecule has 0 unspecified atom stereocenters. The molecule has 0 aliphatic carbocycles. The average Bonchev–Trinajstić information content (AvgIpc) is 1.76. The zero-order chi connectivity index (χ0) is 103. The number of rotatable bonds is 62. The largest absolute Gasteiger partial charge is 0.508 e. The molecule has 750 valence electrons. The summed E-state index contributed by atoms with van der Waals surface area (Å²) in [4.78, 5) is 332. The van der Waals surface area contributed by atoms with Gasteiger partial charge >= 0.3 is 17.9 Å². The molecule has 0 aromatic heterocycles. The molecule has 22 amide bonds. The van der Waals surface area contributed by atoms with Crippen molar-refractivity contribution in [1.82, 2.24) is 84.7 Å². The van der Waals surface area contributed by atoms with Crippen LogP contribution in [0.5, 0.6) is 5.75 Å². The second-order valence-electron chi connectivity index (χ2n) is 31.9. The Morgan fingerprint density at radius 3 is 1.26 bits per heavy atom. The number of benzene rings is 2. The van der Waals surface area contributed by atoms with Crippen LogP contribution >= 0.6 is 0 Å². The fourth-order valence-corrected chi connectivity index (χ4v) is 13.3. The Labute approximate surface area is 775 Å². The number of amides is 22. The summed E-state index contributed by atoms with van der Waals surface area (Å²) in [6.07, 6.45) is -13.2. The zero-order valence-corrected chi connectivity index (χ0v) is 74.6. The van der Waals surface area contributed by atoms with Crippen LogP contribution in [0.1, 0.15) is 142 Å². The van der Waals surface area contributed by atoms with Gasteiger partial charge in [-0.15, -0.1) is 0 Å². The van der Waals surface area contributed by atoms with Gasteiger partial charge in [0, 0.05) is 32.2 Å². The maximum absolute atomic E-state index is 14.6. The average molecular weight is 1930 g/mol. The SMILES string of the molecule is CC[C@H](C)[C@H](NC(=O)[C@@H](N)CC(N)=O)C(=O)N[C@@H](CC(N)=O)C(=O)N1CCC[C@H]1C(=O)N[C@@H](CC(N)=O)C(=O)N[C@@H](CC(N)=O)C(=O)NCC(=O)NCC(=O)N[C@H](C(=O)N[C@H](C(=O)N[C@@H](Cc1ccc(O)cc1)C(=O)N[C@@H](CC(N)=O)C(=O)N[C@@H](CCC(N)=O)C(=O)N[C@@H](CCCCN)C(=O)N[C@@H](Cc1ccccc1)C(=O)N[C@@H](CCC(=O)O)C(=O)N[C@@H](CC(=O)O)C(=O)O)[C@@H](C)O)[C@@H](C)O. The number of hydrogen-bond acceptors (Lipinski definition) is 30. The fraction of sp³-hybridized carbons (Fsp3) is 0.543. The summed E-state index contributed by atoms with van der Waals surface area (Å²) in [5, 5.41) is 93.5. The number of carboxylic acid groups (broad SMARTS) is 3. The molecule has 3 rings (SSSR count). The minimum absolute atomic E-state index is 0.0338. The highest BCUT2D eigenvalue weighted by atomic mass is 16.4. The number of hydrogen-bond donors (Lipinski definition) is 29. The van der Waals surface area contributed by atoms with Crippen LogP contribution in [-0.2, 0) is 133 Å². The van der Waals surface area contributed by atoms with Gasteiger partial charge in [0.15, 0.2) is 0 Å². The first-order valence-corrected chi connectivity index (χ1v) is 42.5. The van der Waals surface area contributed by atoms with E-state index in [1.807, 2.05) is 5.32 Å². The first kappa shape index (κ1) is 115. The first-order valence-electron chi connectivity index (χ1n) is 42.5. The molecule has 18 atom stereocenters. The van der Waals surface area contributed by atoms with Crippen molar-refractivity contribution < 1.29 is 151 Å². The van der Waals surface area contributed by atoms with Crippen molar-refractivity contribution >= 4 is 148 Å². The molecule has 0 spiro atoms. The summed E-state index contributed by atoms with van der Waals surface area (Å²) in [6, 6.07) is -15.2. The molecule has 1 aliphatic heterocycles. The summed E-state index contributed by atoms with van der Waals surface area (Å²) < 4.78 is 0. The van der Waals surface area contributed by atoms with E-state index in [2.05, 4.69) is 74.4 Å². The lowest BCUT2D eigenvalue weighted by Crippen LogP contribution is -2.63. The van der Waals surface area contributed by atoms with Crippen molar-refractivity contribution in [3.8, 4) is 5.75 Å². The quantitative estimate of drug-likeness (QED) is 0.0274. The molecule has 136 heavy (non-hydrogen) atoms. The van der Waals surface area contributed by atoms with E-state index in [1.54, 1.807) is 32.0 Å². The van der Waals surface area contributed by atoms with E-state index in [1.165, 1.54) is 24.3 Å². The predicted octanol–water partition coefficient (Wildman–Crippen LogP) is -14.0. The van der Waals surface area contributed by atoms with E-state index in [0.29, 0.717) is 5.56 Å². The van der Waals surface area contributed by atoms with Gasteiger partial charge in [-0.2, -0.15) is 0 Å². The van der Waals surface area contributed by atoms with Gasteiger partial charge in [0.25, 0.3) is 0 Å². The number of aromatic hydroxyl groups is 1. The molecule has 37 N–H and O–H groups in total. The normalized spacial score (nSPS) is 15.8. The van der Waals surface area contributed by atoms with Crippen LogP contribution in [0.15, 0.2) is 54.6 Å². The molecule has 0 saturated carbocycles. The van der Waals surface area contributed by atoms with Crippen LogP contribution in [0, 0.1) is 5.92 Å². The van der Waals surface area contributed by atoms with Crippen LogP contribution in [-0.4, -0.2) is 312 Å². The second kappa shape index (κ2) is 57.3. The third-order valence-electron chi connectivity index (χ3n) is 20.6. The second-order valence-corrected chi connectivity index (χ2v) is 31.9. The summed E-state index contributed by atoms with van der Waals surface area (Å²) >= 11 is 0. The lowest BCUT2D eigenvalue weighted by Gasteiger charge is -2.31. The monoisotopic (exact) mass is 1920 g/mol. The lowest BCUT2D eigenvalue weighted by atomic mass is 9.97. The number of likely N-dealkylation sites (tertiary alicyclic amines) is 1. The lowest BCUT2D eigenvalue weighted by molar-refractivity contribution is -0.147. The number of carbonyl (C=O) groups excluding carboxylic acids is 22. The van der Waals surface area contributed by atoms with E-state index >= 15 is 0 Å². The van der Waals surface area contributed by atoms with Gasteiger partial charge in [-0.05, 0) is 94.5 Å². The summed E-state index contributed by atoms with van der Waals surface area (Å²) in [6.45, 7) is 2.82. The molecule has 55 heteroatoms. The van der Waals surface area contributed by atoms with Gasteiger partial charge in [0.2, 0.25) is 130 Å². The Balaban J connectivity index is 1.86. The number of aliphatic hydroxyl groups is 2. The van der Waals surface area contributed by atoms with Crippen LogP contribution in [0.2, 0.25) is 0 Å². The van der Waals surface area contributed by atoms with Crippen molar-refractivity contribution in [3.63, 3.8) is 0 Å². The minimum atomic E-state index is -2.15. The van der Waals surface area contributed by atoms with Crippen molar-refractivity contribution in [1.29, 1.82) is 0 Å². The zero-order valence-electron chi connectivity index (χ0n) is 74.6. The highest BCUT2D eigenvalue weighted by molar-refractivity contribution is 6.03. The Hall–Kier alpha value is -15.2. The van der Waals surface area contributed by atoms with Crippen molar-refractivity contribution in [2.24, 2.45) is 51.8 Å². The predicted molar refractivity (Wildman–Crippen MR) is 466 cm³/mol. The highest BCUT2D eigenvalue weighted by Crippen LogP contribution is 2.22. The molecular weight excluding hydrogens is 1810 g/mol. The maximum Gasteiger partial charge on any atom is 0.326 e. The van der Waals surface area contributed by atoms with Crippen molar-refractivity contribution in [2.75, 3.05) is 26.2 Å². The number of nitrogens with two attached hydrogens (primary N) is 8. The number of nitrogens with one attached hydrogen (secondary N) is 15. The van der Waals surface area contributed by atoms with Gasteiger partial charge in [-0.3, -0.25) is 115 Å². The smallest absolute Gasteiger partial charge is 0.326 e. The van der Waals surface area contributed by atoms with Crippen LogP contribution in [0.25, 0.3) is 0 Å².